The van der Waals surface area contributed by atoms with Crippen molar-refractivity contribution < 1.29 is 29.1 Å². The molecule has 0 saturated heterocycles. The van der Waals surface area contributed by atoms with E-state index in [9.17, 15) is 24.3 Å². The van der Waals surface area contributed by atoms with Gasteiger partial charge in [0.1, 0.15) is 5.54 Å². The number of carbonyl (C=O) groups is 4. The maximum Gasteiger partial charge on any atom is 0.352 e. The number of hydrogen-bond acceptors (Lipinski definition) is 8. The average Bonchev–Trinajstić information content (AvgIpc) is 3.22. The minimum Gasteiger partial charge on any atom is -0.391 e. The molecule has 1 aromatic carbocycles. The summed E-state index contributed by atoms with van der Waals surface area (Å²) in [6.07, 6.45) is 7.49. The van der Waals surface area contributed by atoms with E-state index in [1.54, 1.807) is 12.1 Å². The van der Waals surface area contributed by atoms with Crippen LogP contribution in [0.15, 0.2) is 35.9 Å². The van der Waals surface area contributed by atoms with Gasteiger partial charge in [-0.3, -0.25) is 14.4 Å². The Balaban J connectivity index is 1.21. The first kappa shape index (κ1) is 30.8. The number of benzene rings is 1. The van der Waals surface area contributed by atoms with Gasteiger partial charge in [0.25, 0.3) is 11.8 Å². The van der Waals surface area contributed by atoms with Gasteiger partial charge in [-0.2, -0.15) is 0 Å². The summed E-state index contributed by atoms with van der Waals surface area (Å²) in [6.45, 7) is 11.0. The summed E-state index contributed by atoms with van der Waals surface area (Å²) < 4.78 is 0. The SMILES string of the molecule is C[C@]12CC[C@](N)(C(=O)ON3C(=O)c4ccccc4C3=O)C[C@H]1C1=CC(=O)[C@@H]3[C@@]4(C)CC[C@H](O)[C@@](C)(N)[C@@H]4CC[C@@]3(C)[C@]1(C)CC2. The summed E-state index contributed by atoms with van der Waals surface area (Å²) >= 11 is 0. The van der Waals surface area contributed by atoms with Crippen LogP contribution in [0.3, 0.4) is 0 Å². The van der Waals surface area contributed by atoms with Crippen molar-refractivity contribution in [3.63, 3.8) is 0 Å². The van der Waals surface area contributed by atoms with Crippen LogP contribution in [0.1, 0.15) is 113 Å². The largest absolute Gasteiger partial charge is 0.391 e. The zero-order chi connectivity index (χ0) is 32.5. The van der Waals surface area contributed by atoms with Crippen molar-refractivity contribution in [3.05, 3.63) is 47.0 Å². The molecular weight excluding hydrogens is 570 g/mol. The lowest BCUT2D eigenvalue weighted by Gasteiger charge is -2.70. The van der Waals surface area contributed by atoms with Gasteiger partial charge in [-0.15, -0.1) is 0 Å². The molecule has 4 fully saturated rings. The molecule has 9 nitrogen and oxygen atoms in total. The zero-order valence-corrected chi connectivity index (χ0v) is 27.2. The number of nitrogens with two attached hydrogens (primary N) is 2. The highest BCUT2D eigenvalue weighted by Gasteiger charge is 2.70. The molecule has 5 N–H and O–H groups in total. The maximum absolute atomic E-state index is 14.5. The molecule has 1 heterocycles. The predicted octanol–water partition coefficient (Wildman–Crippen LogP) is 4.46. The van der Waals surface area contributed by atoms with E-state index in [4.69, 9.17) is 16.3 Å². The third-order valence-corrected chi connectivity index (χ3v) is 14.4. The first-order chi connectivity index (χ1) is 20.9. The van der Waals surface area contributed by atoms with Gasteiger partial charge in [0, 0.05) is 11.5 Å². The number of hydroxylamine groups is 2. The predicted molar refractivity (Wildman–Crippen MR) is 166 cm³/mol. The first-order valence-electron chi connectivity index (χ1n) is 16.6. The van der Waals surface area contributed by atoms with Crippen LogP contribution in [0.4, 0.5) is 0 Å². The first-order valence-corrected chi connectivity index (χ1v) is 16.6. The molecule has 0 aromatic heterocycles. The molecule has 1 aliphatic heterocycles. The lowest BCUT2D eigenvalue weighted by molar-refractivity contribution is -0.190. The number of aliphatic hydroxyl groups is 1. The average molecular weight is 618 g/mol. The number of carbonyl (C=O) groups excluding carboxylic acids is 4. The third kappa shape index (κ3) is 3.83. The van der Waals surface area contributed by atoms with E-state index in [1.165, 1.54) is 12.1 Å². The van der Waals surface area contributed by atoms with E-state index in [0.717, 1.165) is 37.7 Å². The van der Waals surface area contributed by atoms with Crippen LogP contribution in [0.25, 0.3) is 0 Å². The van der Waals surface area contributed by atoms with Gasteiger partial charge in [-0.25, -0.2) is 4.79 Å². The Labute approximate surface area is 265 Å². The Morgan fingerprint density at radius 1 is 0.889 bits per heavy atom. The molecule has 45 heavy (non-hydrogen) atoms. The number of imide groups is 1. The van der Waals surface area contributed by atoms with Crippen molar-refractivity contribution in [1.29, 1.82) is 0 Å². The number of aliphatic hydroxyl groups excluding tert-OH is 1. The zero-order valence-electron chi connectivity index (χ0n) is 27.2. The minimum absolute atomic E-state index is 0.0338. The fourth-order valence-electron chi connectivity index (χ4n) is 11.4. The molecule has 242 valence electrons. The molecule has 6 aliphatic rings. The summed E-state index contributed by atoms with van der Waals surface area (Å²) in [5.41, 5.74) is 11.9. The Kier molecular flexibility index (Phi) is 6.39. The van der Waals surface area contributed by atoms with E-state index in [0.29, 0.717) is 24.3 Å². The highest BCUT2D eigenvalue weighted by Crippen LogP contribution is 2.74. The molecule has 9 heteroatoms. The molecule has 7 rings (SSSR count). The van der Waals surface area contributed by atoms with E-state index in [-0.39, 0.29) is 62.7 Å². The van der Waals surface area contributed by atoms with Gasteiger partial charge >= 0.3 is 5.97 Å². The van der Waals surface area contributed by atoms with E-state index in [1.807, 2.05) is 13.0 Å². The molecule has 1 aromatic rings. The Morgan fingerprint density at radius 2 is 1.51 bits per heavy atom. The van der Waals surface area contributed by atoms with Gasteiger partial charge in [0.2, 0.25) is 0 Å². The van der Waals surface area contributed by atoms with Gasteiger partial charge in [0.05, 0.1) is 17.2 Å². The summed E-state index contributed by atoms with van der Waals surface area (Å²) in [7, 11) is 0. The second-order valence-electron chi connectivity index (χ2n) is 16.6. The molecule has 5 aliphatic carbocycles. The summed E-state index contributed by atoms with van der Waals surface area (Å²) in [5.74, 6) is -2.35. The fourth-order valence-corrected chi connectivity index (χ4v) is 11.4. The second-order valence-corrected chi connectivity index (χ2v) is 16.6. The van der Waals surface area contributed by atoms with Crippen LogP contribution in [-0.4, -0.2) is 50.9 Å². The molecule has 0 unspecified atom stereocenters. The van der Waals surface area contributed by atoms with Crippen molar-refractivity contribution in [2.24, 2.45) is 50.9 Å². The maximum atomic E-state index is 14.5. The lowest BCUT2D eigenvalue weighted by Crippen LogP contribution is -2.70. The van der Waals surface area contributed by atoms with Crippen molar-refractivity contribution in [1.82, 2.24) is 5.06 Å². The quantitative estimate of drug-likeness (QED) is 0.411. The van der Waals surface area contributed by atoms with Crippen LogP contribution in [0.2, 0.25) is 0 Å². The van der Waals surface area contributed by atoms with Crippen LogP contribution < -0.4 is 11.5 Å². The van der Waals surface area contributed by atoms with Gasteiger partial charge < -0.3 is 21.4 Å². The Hall–Kier alpha value is -2.88. The Bertz CT molecular complexity index is 1530. The molecule has 0 bridgehead atoms. The monoisotopic (exact) mass is 617 g/mol. The molecule has 0 spiro atoms. The highest BCUT2D eigenvalue weighted by molar-refractivity contribution is 6.21. The van der Waals surface area contributed by atoms with E-state index < -0.39 is 35.0 Å². The summed E-state index contributed by atoms with van der Waals surface area (Å²) in [6, 6.07) is 6.39. The van der Waals surface area contributed by atoms with Crippen LogP contribution in [0, 0.1) is 39.4 Å². The summed E-state index contributed by atoms with van der Waals surface area (Å²) in [4.78, 5) is 59.7. The van der Waals surface area contributed by atoms with Crippen molar-refractivity contribution in [2.75, 3.05) is 0 Å². The summed E-state index contributed by atoms with van der Waals surface area (Å²) in [5, 5.41) is 11.4. The number of nitrogens with zero attached hydrogens (tertiary/aromatic N) is 1. The van der Waals surface area contributed by atoms with E-state index in [2.05, 4.69) is 27.7 Å². The number of allylic oxidation sites excluding steroid dienone is 2. The smallest absolute Gasteiger partial charge is 0.352 e. The van der Waals surface area contributed by atoms with Crippen molar-refractivity contribution in [3.8, 4) is 0 Å². The minimum atomic E-state index is -1.43. The van der Waals surface area contributed by atoms with E-state index >= 15 is 0 Å². The van der Waals surface area contributed by atoms with Crippen molar-refractivity contribution >= 4 is 23.6 Å². The Morgan fingerprint density at radius 3 is 2.16 bits per heavy atom. The molecule has 4 saturated carbocycles. The second kappa shape index (κ2) is 9.35. The normalized spacial score (nSPS) is 47.2. The van der Waals surface area contributed by atoms with Crippen molar-refractivity contribution in [2.45, 2.75) is 110 Å². The molecular formula is C36H47N3O6. The topological polar surface area (TPSA) is 153 Å². The number of hydrogen-bond donors (Lipinski definition) is 3. The fraction of sp³-hybridized carbons (Fsp3) is 0.667. The van der Waals surface area contributed by atoms with Crippen LogP contribution in [-0.2, 0) is 14.4 Å². The van der Waals surface area contributed by atoms with Gasteiger partial charge in [-0.05, 0) is 116 Å². The molecule has 0 radical (unpaired) electrons. The van der Waals surface area contributed by atoms with Crippen LogP contribution in [0.5, 0.6) is 0 Å². The highest BCUT2D eigenvalue weighted by atomic mass is 16.7. The molecule has 2 amide bonds. The number of fused-ring (bicyclic) bond motifs is 8. The van der Waals surface area contributed by atoms with Crippen LogP contribution >= 0.6 is 0 Å². The van der Waals surface area contributed by atoms with Gasteiger partial charge in [0.15, 0.2) is 5.78 Å². The standard InChI is InChI=1S/C36H47N3O6/c1-31-14-16-33(3)22(18-24(40)27-32(2)12-11-26(41)35(5,37)25(32)10-13-34(27,33)4)23(31)19-36(38,17-15-31)30(44)45-39-28(42)20-8-6-7-9-21(20)29(39)43/h6-9,18,23,25-27,41H,10-17,19,37-38H2,1-5H3/t23-,25+,26-,27+,31-,32-,33+,34+,35-,36+/m0/s1. The molecule has 10 atom stereocenters. The number of ketones is 1. The van der Waals surface area contributed by atoms with Gasteiger partial charge in [-0.1, -0.05) is 50.5 Å². The third-order valence-electron chi connectivity index (χ3n) is 14.4. The number of rotatable bonds is 2. The number of amides is 2. The lowest BCUT2D eigenvalue weighted by atomic mass is 9.34.